The van der Waals surface area contributed by atoms with Crippen LogP contribution in [0, 0.1) is 0 Å². The van der Waals surface area contributed by atoms with Crippen LogP contribution in [0.5, 0.6) is 5.75 Å². The Morgan fingerprint density at radius 2 is 2.04 bits per heavy atom. The van der Waals surface area contributed by atoms with E-state index in [1.807, 2.05) is 24.3 Å². The Morgan fingerprint density at radius 1 is 1.18 bits per heavy atom. The second-order valence-electron chi connectivity index (χ2n) is 6.10. The second kappa shape index (κ2) is 7.66. The maximum atomic E-state index is 12.5. The Balaban J connectivity index is 1.50. The highest BCUT2D eigenvalue weighted by Crippen LogP contribution is 2.26. The molecule has 0 aliphatic carbocycles. The van der Waals surface area contributed by atoms with Crippen molar-refractivity contribution in [3.63, 3.8) is 0 Å². The van der Waals surface area contributed by atoms with Crippen molar-refractivity contribution in [3.05, 3.63) is 77.7 Å². The topological polar surface area (TPSA) is 73.2 Å². The van der Waals surface area contributed by atoms with E-state index in [0.29, 0.717) is 28.2 Å². The molecular weight excluding hydrogens is 374 g/mol. The Morgan fingerprint density at radius 3 is 2.86 bits per heavy atom. The Kier molecular flexibility index (Phi) is 4.90. The third-order valence-electron chi connectivity index (χ3n) is 4.20. The van der Waals surface area contributed by atoms with Crippen molar-refractivity contribution in [1.82, 2.24) is 9.55 Å². The number of aromatic nitrogens is 2. The summed E-state index contributed by atoms with van der Waals surface area (Å²) < 4.78 is 8.25. The molecule has 1 N–H and O–H groups in total. The number of hydrogen-bond acceptors (Lipinski definition) is 5. The minimum atomic E-state index is -0.309. The molecule has 0 saturated heterocycles. The number of carbonyl (C=O) groups excluding carboxylic acids is 1. The van der Waals surface area contributed by atoms with Crippen LogP contribution in [-0.4, -0.2) is 22.1 Å². The van der Waals surface area contributed by atoms with Gasteiger partial charge in [-0.15, -0.1) is 6.58 Å². The van der Waals surface area contributed by atoms with Crippen LogP contribution >= 0.6 is 11.3 Å². The average molecular weight is 391 g/mol. The van der Waals surface area contributed by atoms with Gasteiger partial charge in [-0.1, -0.05) is 35.6 Å². The molecular formula is C21H17N3O3S. The van der Waals surface area contributed by atoms with Crippen LogP contribution in [0.15, 0.2) is 72.2 Å². The molecule has 0 bridgehead atoms. The number of anilines is 1. The van der Waals surface area contributed by atoms with E-state index in [1.54, 1.807) is 41.1 Å². The fraction of sp³-hybridized carbons (Fsp3) is 0.0952. The summed E-state index contributed by atoms with van der Waals surface area (Å²) in [4.78, 5) is 29.1. The summed E-state index contributed by atoms with van der Waals surface area (Å²) >= 11 is 1.41. The first-order valence-electron chi connectivity index (χ1n) is 8.67. The fourth-order valence-electron chi connectivity index (χ4n) is 2.92. The minimum absolute atomic E-state index is 0.123. The molecule has 2 heterocycles. The van der Waals surface area contributed by atoms with Crippen molar-refractivity contribution in [1.29, 1.82) is 0 Å². The van der Waals surface area contributed by atoms with Gasteiger partial charge in [0.25, 0.3) is 11.5 Å². The number of hydrogen-bond donors (Lipinski definition) is 1. The summed E-state index contributed by atoms with van der Waals surface area (Å²) in [6.07, 6.45) is 3.36. The lowest BCUT2D eigenvalue weighted by Gasteiger charge is -2.10. The molecule has 28 heavy (non-hydrogen) atoms. The summed E-state index contributed by atoms with van der Waals surface area (Å²) in [5, 5.41) is 4.48. The molecule has 6 nitrogen and oxygen atoms in total. The Hall–Kier alpha value is -3.45. The molecule has 0 aliphatic heterocycles. The number of ether oxygens (including phenoxy) is 1. The molecule has 0 radical (unpaired) electrons. The maximum absolute atomic E-state index is 12.5. The number of thiazole rings is 1. The van der Waals surface area contributed by atoms with Crippen molar-refractivity contribution in [3.8, 4) is 5.75 Å². The molecule has 0 spiro atoms. The number of nitrogens with zero attached hydrogens (tertiary/aromatic N) is 2. The highest BCUT2D eigenvalue weighted by atomic mass is 32.1. The largest absolute Gasteiger partial charge is 0.483 e. The SMILES string of the molecule is C=CCn1ccc2c(OCC(=O)Nc3nc4ccccc4s3)cccc2c1=O. The van der Waals surface area contributed by atoms with Gasteiger partial charge in [-0.2, -0.15) is 0 Å². The molecule has 4 rings (SSSR count). The molecule has 140 valence electrons. The quantitative estimate of drug-likeness (QED) is 0.507. The van der Waals surface area contributed by atoms with Crippen LogP contribution in [0.4, 0.5) is 5.13 Å². The molecule has 7 heteroatoms. The average Bonchev–Trinajstić information content (AvgIpc) is 3.11. The highest BCUT2D eigenvalue weighted by molar-refractivity contribution is 7.22. The van der Waals surface area contributed by atoms with Crippen molar-refractivity contribution in [2.75, 3.05) is 11.9 Å². The number of para-hydroxylation sites is 1. The molecule has 0 atom stereocenters. The molecule has 2 aromatic heterocycles. The number of carbonyl (C=O) groups is 1. The van der Waals surface area contributed by atoms with Crippen LogP contribution in [0.3, 0.4) is 0 Å². The van der Waals surface area contributed by atoms with Crippen molar-refractivity contribution in [2.45, 2.75) is 6.54 Å². The number of pyridine rings is 1. The first kappa shape index (κ1) is 17.9. The van der Waals surface area contributed by atoms with E-state index in [1.165, 1.54) is 11.3 Å². The van der Waals surface area contributed by atoms with Gasteiger partial charge in [0.1, 0.15) is 5.75 Å². The predicted molar refractivity (Wildman–Crippen MR) is 112 cm³/mol. The Labute approximate surface area is 164 Å². The van der Waals surface area contributed by atoms with E-state index in [0.717, 1.165) is 10.2 Å². The monoisotopic (exact) mass is 391 g/mol. The van der Waals surface area contributed by atoms with Gasteiger partial charge >= 0.3 is 0 Å². The smallest absolute Gasteiger partial charge is 0.264 e. The minimum Gasteiger partial charge on any atom is -0.483 e. The number of rotatable bonds is 6. The number of fused-ring (bicyclic) bond motifs is 2. The van der Waals surface area contributed by atoms with E-state index in [4.69, 9.17) is 4.74 Å². The van der Waals surface area contributed by atoms with Crippen molar-refractivity contribution >= 4 is 43.4 Å². The van der Waals surface area contributed by atoms with Crippen molar-refractivity contribution < 1.29 is 9.53 Å². The summed E-state index contributed by atoms with van der Waals surface area (Å²) in [5.74, 6) is 0.177. The van der Waals surface area contributed by atoms with Crippen LogP contribution in [0.25, 0.3) is 21.0 Å². The van der Waals surface area contributed by atoms with Gasteiger partial charge in [-0.05, 0) is 30.3 Å². The van der Waals surface area contributed by atoms with Gasteiger partial charge in [0, 0.05) is 18.1 Å². The lowest BCUT2D eigenvalue weighted by molar-refractivity contribution is -0.118. The van der Waals surface area contributed by atoms with Gasteiger partial charge in [0.05, 0.1) is 15.6 Å². The van der Waals surface area contributed by atoms with Crippen LogP contribution in [0.2, 0.25) is 0 Å². The molecule has 0 fully saturated rings. The normalized spacial score (nSPS) is 10.9. The first-order chi connectivity index (χ1) is 13.7. The summed E-state index contributed by atoms with van der Waals surface area (Å²) in [5.41, 5.74) is 0.718. The highest BCUT2D eigenvalue weighted by Gasteiger charge is 2.11. The van der Waals surface area contributed by atoms with E-state index in [9.17, 15) is 9.59 Å². The van der Waals surface area contributed by atoms with Gasteiger partial charge in [0.2, 0.25) is 0 Å². The zero-order chi connectivity index (χ0) is 19.5. The van der Waals surface area contributed by atoms with Gasteiger partial charge < -0.3 is 9.30 Å². The van der Waals surface area contributed by atoms with Gasteiger partial charge in [-0.3, -0.25) is 14.9 Å². The van der Waals surface area contributed by atoms with Crippen LogP contribution in [0.1, 0.15) is 0 Å². The van der Waals surface area contributed by atoms with E-state index in [2.05, 4.69) is 16.9 Å². The second-order valence-corrected chi connectivity index (χ2v) is 7.13. The van der Waals surface area contributed by atoms with Gasteiger partial charge in [-0.25, -0.2) is 4.98 Å². The zero-order valence-corrected chi connectivity index (χ0v) is 15.7. The summed E-state index contributed by atoms with van der Waals surface area (Å²) in [6, 6.07) is 14.7. The van der Waals surface area contributed by atoms with E-state index < -0.39 is 0 Å². The number of nitrogens with one attached hydrogen (secondary N) is 1. The predicted octanol–water partition coefficient (Wildman–Crippen LogP) is 3.81. The summed E-state index contributed by atoms with van der Waals surface area (Å²) in [6.45, 7) is 3.92. The lowest BCUT2D eigenvalue weighted by Crippen LogP contribution is -2.21. The van der Waals surface area contributed by atoms with E-state index >= 15 is 0 Å². The third-order valence-corrected chi connectivity index (χ3v) is 5.16. The summed E-state index contributed by atoms with van der Waals surface area (Å²) in [7, 11) is 0. The molecule has 0 saturated carbocycles. The number of allylic oxidation sites excluding steroid dienone is 1. The fourth-order valence-corrected chi connectivity index (χ4v) is 3.80. The molecule has 4 aromatic rings. The molecule has 0 aliphatic rings. The van der Waals surface area contributed by atoms with Gasteiger partial charge in [0.15, 0.2) is 11.7 Å². The Bertz CT molecular complexity index is 1210. The molecule has 1 amide bonds. The number of benzene rings is 2. The van der Waals surface area contributed by atoms with Crippen LogP contribution in [-0.2, 0) is 11.3 Å². The zero-order valence-electron chi connectivity index (χ0n) is 14.9. The third kappa shape index (κ3) is 3.52. The number of amides is 1. The van der Waals surface area contributed by atoms with Crippen molar-refractivity contribution in [2.24, 2.45) is 0 Å². The lowest BCUT2D eigenvalue weighted by atomic mass is 10.1. The standard InChI is InChI=1S/C21H17N3O3S/c1-2-11-24-12-10-14-15(20(24)26)6-5-8-17(14)27-13-19(25)23-21-22-16-7-3-4-9-18(16)28-21/h2-10,12H,1,11,13H2,(H,22,23,25). The first-order valence-corrected chi connectivity index (χ1v) is 9.48. The maximum Gasteiger partial charge on any atom is 0.264 e. The van der Waals surface area contributed by atoms with Crippen LogP contribution < -0.4 is 15.6 Å². The molecule has 2 aromatic carbocycles. The molecule has 0 unspecified atom stereocenters. The van der Waals surface area contributed by atoms with E-state index in [-0.39, 0.29) is 18.1 Å².